The van der Waals surface area contributed by atoms with Crippen molar-refractivity contribution in [2.45, 2.75) is 0 Å². The fourth-order valence-electron chi connectivity index (χ4n) is 15.1. The van der Waals surface area contributed by atoms with Crippen LogP contribution >= 0.6 is 0 Å². The van der Waals surface area contributed by atoms with Crippen molar-refractivity contribution < 1.29 is 0 Å². The van der Waals surface area contributed by atoms with Crippen LogP contribution in [0.25, 0.3) is 189 Å². The van der Waals surface area contributed by atoms with Crippen molar-refractivity contribution in [3.05, 3.63) is 388 Å². The lowest BCUT2D eigenvalue weighted by Crippen LogP contribution is -2.03. The maximum absolute atomic E-state index is 5.30. The van der Waals surface area contributed by atoms with E-state index in [2.05, 4.69) is 385 Å². The quantitative estimate of drug-likeness (QED) is 0.121. The number of fused-ring (bicyclic) bond motifs is 8. The number of rotatable bonds is 12. The predicted octanol–water partition coefficient (Wildman–Crippen LogP) is 24.9. The van der Waals surface area contributed by atoms with E-state index >= 15 is 0 Å². The summed E-state index contributed by atoms with van der Waals surface area (Å²) in [6.07, 6.45) is 0. The average Bonchev–Trinajstić information content (AvgIpc) is 1.56. The van der Waals surface area contributed by atoms with Crippen LogP contribution in [0.5, 0.6) is 0 Å². The van der Waals surface area contributed by atoms with E-state index in [1.807, 2.05) is 12.1 Å². The van der Waals surface area contributed by atoms with Crippen LogP contribution in [0.4, 0.5) is 0 Å². The normalized spacial score (nSPS) is 11.4. The van der Waals surface area contributed by atoms with Crippen LogP contribution in [-0.2, 0) is 0 Å². The zero-order chi connectivity index (χ0) is 70.3. The van der Waals surface area contributed by atoms with Crippen molar-refractivity contribution in [3.8, 4) is 124 Å². The lowest BCUT2D eigenvalue weighted by molar-refractivity contribution is 1.07. The van der Waals surface area contributed by atoms with Gasteiger partial charge >= 0.3 is 0 Å². The predicted molar refractivity (Wildman–Crippen MR) is 438 cm³/mol. The molecule has 0 aliphatic rings. The summed E-state index contributed by atoms with van der Waals surface area (Å²) >= 11 is 0. The molecular formula is C98H64N8. The van der Waals surface area contributed by atoms with Crippen LogP contribution in [0, 0.1) is 0 Å². The summed E-state index contributed by atoms with van der Waals surface area (Å²) in [5, 5.41) is 9.61. The third-order valence-electron chi connectivity index (χ3n) is 20.1. The van der Waals surface area contributed by atoms with Gasteiger partial charge in [0, 0.05) is 66.3 Å². The van der Waals surface area contributed by atoms with Crippen LogP contribution in [-0.4, -0.2) is 39.0 Å². The minimum absolute atomic E-state index is 0.614. The summed E-state index contributed by atoms with van der Waals surface area (Å²) in [6, 6.07) is 136. The van der Waals surface area contributed by atoms with E-state index in [1.54, 1.807) is 0 Å². The van der Waals surface area contributed by atoms with Gasteiger partial charge in [-0.15, -0.1) is 0 Å². The molecule has 0 bridgehead atoms. The zero-order valence-electron chi connectivity index (χ0n) is 57.5. The van der Waals surface area contributed by atoms with Crippen molar-refractivity contribution in [3.63, 3.8) is 0 Å². The Morgan fingerprint density at radius 1 is 0.151 bits per heavy atom. The molecule has 0 saturated heterocycles. The number of aromatic nitrogens is 8. The Hall–Kier alpha value is -14.3. The van der Waals surface area contributed by atoms with Crippen molar-refractivity contribution in [1.29, 1.82) is 0 Å². The Balaban J connectivity index is 0.000000145. The van der Waals surface area contributed by atoms with Gasteiger partial charge in [0.05, 0.1) is 22.1 Å². The van der Waals surface area contributed by atoms with E-state index in [1.165, 1.54) is 54.4 Å². The van der Waals surface area contributed by atoms with Crippen LogP contribution in [0.15, 0.2) is 388 Å². The van der Waals surface area contributed by atoms with E-state index in [9.17, 15) is 0 Å². The molecule has 0 aliphatic carbocycles. The van der Waals surface area contributed by atoms with Crippen molar-refractivity contribution in [2.75, 3.05) is 0 Å². The van der Waals surface area contributed by atoms with E-state index in [4.69, 9.17) is 29.9 Å². The highest BCUT2D eigenvalue weighted by atomic mass is 15.0. The first-order valence-electron chi connectivity index (χ1n) is 35.7. The highest BCUT2D eigenvalue weighted by Crippen LogP contribution is 2.42. The molecule has 20 rings (SSSR count). The first kappa shape index (κ1) is 62.6. The topological polar surface area (TPSA) is 87.2 Å². The molecule has 0 N–H and O–H groups in total. The van der Waals surface area contributed by atoms with Crippen molar-refractivity contribution in [2.24, 2.45) is 0 Å². The lowest BCUT2D eigenvalue weighted by Gasteiger charge is -2.16. The summed E-state index contributed by atoms with van der Waals surface area (Å²) in [5.41, 5.74) is 21.2. The lowest BCUT2D eigenvalue weighted by atomic mass is 9.97. The molecular weight excluding hydrogens is 1290 g/mol. The molecule has 0 atom stereocenters. The monoisotopic (exact) mass is 1350 g/mol. The third-order valence-corrected chi connectivity index (χ3v) is 20.1. The minimum atomic E-state index is 0.614. The van der Waals surface area contributed by atoms with E-state index in [0.29, 0.717) is 34.9 Å². The summed E-state index contributed by atoms with van der Waals surface area (Å²) in [6.45, 7) is 0. The summed E-state index contributed by atoms with van der Waals surface area (Å²) in [7, 11) is 0. The molecule has 20 aromatic rings. The van der Waals surface area contributed by atoms with Gasteiger partial charge in [0.25, 0.3) is 0 Å². The number of benzene rings is 16. The first-order valence-corrected chi connectivity index (χ1v) is 35.7. The van der Waals surface area contributed by atoms with Gasteiger partial charge in [-0.3, -0.25) is 0 Å². The van der Waals surface area contributed by atoms with Crippen molar-refractivity contribution in [1.82, 2.24) is 39.0 Å². The van der Waals surface area contributed by atoms with Gasteiger partial charge in [0.15, 0.2) is 34.9 Å². The van der Waals surface area contributed by atoms with E-state index in [-0.39, 0.29) is 0 Å². The molecule has 496 valence electrons. The maximum atomic E-state index is 5.30. The smallest absolute Gasteiger partial charge is 0.164 e. The molecule has 8 heteroatoms. The molecule has 0 spiro atoms. The molecule has 0 aliphatic heterocycles. The fourth-order valence-corrected chi connectivity index (χ4v) is 15.1. The Morgan fingerprint density at radius 2 is 0.406 bits per heavy atom. The van der Waals surface area contributed by atoms with Gasteiger partial charge in [-0.25, -0.2) is 29.9 Å². The maximum Gasteiger partial charge on any atom is 0.164 e. The highest BCUT2D eigenvalue weighted by Gasteiger charge is 2.23. The molecule has 0 unspecified atom stereocenters. The van der Waals surface area contributed by atoms with Gasteiger partial charge in [-0.05, 0) is 127 Å². The average molecular weight is 1350 g/mol. The number of hydrogen-bond donors (Lipinski definition) is 0. The van der Waals surface area contributed by atoms with Crippen LogP contribution in [0.3, 0.4) is 0 Å². The standard InChI is InChI=1S/C51H34N4.C47H30N4/c1-3-18-35(19-4-1)39-24-7-10-29-44(39)49-52-50(45-30-11-8-25-40(45)36-20-5-2-6-21-36)54-51(53-49)46-31-12-9-26-41(46)37-22-17-23-38(34-37)55-47-32-15-13-27-42(47)43-28-14-16-33-48(43)55;1-3-14-33-28-36(26-24-31(33)12-1)45-48-46(37-27-25-32-13-2-4-15-34(32)29-37)50-47(49-45)42-21-6-5-18-39(42)35-16-11-17-38(30-35)51-43-22-9-7-19-40(43)41-20-8-10-23-44(41)51/h1-34H;1-30H. The second-order valence-corrected chi connectivity index (χ2v) is 26.5. The van der Waals surface area contributed by atoms with E-state index < -0.39 is 0 Å². The largest absolute Gasteiger partial charge is 0.309 e. The van der Waals surface area contributed by atoms with E-state index in [0.717, 1.165) is 100 Å². The molecule has 8 nitrogen and oxygen atoms in total. The highest BCUT2D eigenvalue weighted by molar-refractivity contribution is 6.10. The van der Waals surface area contributed by atoms with Gasteiger partial charge in [0.1, 0.15) is 0 Å². The summed E-state index contributed by atoms with van der Waals surface area (Å²) < 4.78 is 4.71. The zero-order valence-corrected chi connectivity index (χ0v) is 57.5. The van der Waals surface area contributed by atoms with Gasteiger partial charge < -0.3 is 9.13 Å². The Morgan fingerprint density at radius 3 is 0.755 bits per heavy atom. The summed E-state index contributed by atoms with van der Waals surface area (Å²) in [5.74, 6) is 3.77. The van der Waals surface area contributed by atoms with Gasteiger partial charge in [-0.1, -0.05) is 328 Å². The van der Waals surface area contributed by atoms with Gasteiger partial charge in [-0.2, -0.15) is 0 Å². The number of para-hydroxylation sites is 4. The Labute approximate surface area is 612 Å². The second-order valence-electron chi connectivity index (χ2n) is 26.5. The van der Waals surface area contributed by atoms with Crippen LogP contribution < -0.4 is 0 Å². The Bertz CT molecular complexity index is 6430. The molecule has 0 fully saturated rings. The molecule has 0 saturated carbocycles. The van der Waals surface area contributed by atoms with Crippen molar-refractivity contribution >= 4 is 65.2 Å². The second kappa shape index (κ2) is 27.2. The molecule has 4 aromatic heterocycles. The minimum Gasteiger partial charge on any atom is -0.309 e. The van der Waals surface area contributed by atoms with Crippen LogP contribution in [0.2, 0.25) is 0 Å². The summed E-state index contributed by atoms with van der Waals surface area (Å²) in [4.78, 5) is 31.3. The third kappa shape index (κ3) is 11.7. The first-order chi connectivity index (χ1) is 52.6. The molecule has 0 amide bonds. The number of nitrogens with zero attached hydrogens (tertiary/aromatic N) is 8. The fraction of sp³-hybridized carbons (Fsp3) is 0. The van der Waals surface area contributed by atoms with Gasteiger partial charge in [0.2, 0.25) is 0 Å². The Kier molecular flexibility index (Phi) is 16.1. The molecule has 16 aromatic carbocycles. The number of hydrogen-bond acceptors (Lipinski definition) is 6. The molecule has 106 heavy (non-hydrogen) atoms. The van der Waals surface area contributed by atoms with Crippen LogP contribution in [0.1, 0.15) is 0 Å². The molecule has 0 radical (unpaired) electrons. The molecule has 4 heterocycles. The SMILES string of the molecule is c1cc(-c2ccccc2-c2nc(-c3ccc4ccccc4c3)nc(-c3ccc4ccccc4c3)n2)cc(-n2c3ccccc3c3ccccc32)c1.c1ccc(-c2ccccc2-c2nc(-c3ccccc3-c3ccccc3)nc(-c3ccccc3-c3cccc(-n4c5ccccc5c5ccccc54)c3)n2)cc1.